The molecule has 0 radical (unpaired) electrons. The molecule has 1 amide bonds. The number of carbonyl (C=O) groups is 2. The summed E-state index contributed by atoms with van der Waals surface area (Å²) in [4.78, 5) is 23.5. The number of unbranched alkanes of at least 4 members (excludes halogenated alkanes) is 1. The van der Waals surface area contributed by atoms with E-state index < -0.39 is 12.6 Å². The number of carbonyl (C=O) groups excluding carboxylic acids is 1. The SMILES string of the molecule is O=C(O)COc1ccc(CO)cc1NC(=O)c1ccc(OCCCCc2ccccc2)cc1. The molecule has 3 N–H and O–H groups in total. The van der Waals surface area contributed by atoms with E-state index >= 15 is 0 Å². The van der Waals surface area contributed by atoms with Crippen molar-refractivity contribution in [3.8, 4) is 11.5 Å². The zero-order valence-corrected chi connectivity index (χ0v) is 18.2. The lowest BCUT2D eigenvalue weighted by Crippen LogP contribution is -2.15. The number of ether oxygens (including phenoxy) is 2. The minimum absolute atomic E-state index is 0.207. The van der Waals surface area contributed by atoms with E-state index in [1.165, 1.54) is 11.6 Å². The van der Waals surface area contributed by atoms with Gasteiger partial charge in [-0.15, -0.1) is 0 Å². The molecule has 0 saturated heterocycles. The van der Waals surface area contributed by atoms with Gasteiger partial charge in [0.2, 0.25) is 0 Å². The lowest BCUT2D eigenvalue weighted by molar-refractivity contribution is -0.139. The molecule has 0 aliphatic rings. The number of anilines is 1. The van der Waals surface area contributed by atoms with E-state index in [9.17, 15) is 14.7 Å². The monoisotopic (exact) mass is 449 g/mol. The summed E-state index contributed by atoms with van der Waals surface area (Å²) in [6.45, 7) is -0.172. The van der Waals surface area contributed by atoms with E-state index in [4.69, 9.17) is 14.6 Å². The number of aliphatic hydroxyl groups excluding tert-OH is 1. The fourth-order valence-corrected chi connectivity index (χ4v) is 3.20. The zero-order valence-electron chi connectivity index (χ0n) is 18.2. The van der Waals surface area contributed by atoms with Crippen LogP contribution in [-0.2, 0) is 17.8 Å². The summed E-state index contributed by atoms with van der Waals surface area (Å²) < 4.78 is 11.0. The van der Waals surface area contributed by atoms with Crippen molar-refractivity contribution in [2.75, 3.05) is 18.5 Å². The Bertz CT molecular complexity index is 1050. The highest BCUT2D eigenvalue weighted by Gasteiger charge is 2.12. The van der Waals surface area contributed by atoms with E-state index in [0.717, 1.165) is 19.3 Å². The molecule has 0 aliphatic heterocycles. The third-order valence-electron chi connectivity index (χ3n) is 4.91. The number of hydrogen-bond donors (Lipinski definition) is 3. The van der Waals surface area contributed by atoms with Crippen LogP contribution in [0.1, 0.15) is 34.3 Å². The van der Waals surface area contributed by atoms with E-state index in [0.29, 0.717) is 23.5 Å². The van der Waals surface area contributed by atoms with Gasteiger partial charge in [-0.2, -0.15) is 0 Å². The zero-order chi connectivity index (χ0) is 23.5. The van der Waals surface area contributed by atoms with Crippen molar-refractivity contribution < 1.29 is 29.3 Å². The summed E-state index contributed by atoms with van der Waals surface area (Å²) in [5, 5.41) is 20.9. The van der Waals surface area contributed by atoms with Crippen molar-refractivity contribution in [2.45, 2.75) is 25.9 Å². The number of hydrogen-bond acceptors (Lipinski definition) is 5. The molecule has 0 heterocycles. The first-order valence-electron chi connectivity index (χ1n) is 10.7. The highest BCUT2D eigenvalue weighted by atomic mass is 16.5. The molecule has 7 heteroatoms. The van der Waals surface area contributed by atoms with Gasteiger partial charge in [0.25, 0.3) is 5.91 Å². The number of aliphatic hydroxyl groups is 1. The molecule has 0 aliphatic carbocycles. The van der Waals surface area contributed by atoms with E-state index in [1.54, 1.807) is 36.4 Å². The fraction of sp³-hybridized carbons (Fsp3) is 0.231. The molecule has 3 rings (SSSR count). The highest BCUT2D eigenvalue weighted by Crippen LogP contribution is 2.27. The van der Waals surface area contributed by atoms with Gasteiger partial charge in [-0.05, 0) is 66.8 Å². The predicted molar refractivity (Wildman–Crippen MR) is 125 cm³/mol. The molecule has 172 valence electrons. The van der Waals surface area contributed by atoms with Crippen LogP contribution in [0.15, 0.2) is 72.8 Å². The summed E-state index contributed by atoms with van der Waals surface area (Å²) in [6, 6.07) is 21.8. The van der Waals surface area contributed by atoms with Crippen LogP contribution in [0, 0.1) is 0 Å². The molecule has 0 bridgehead atoms. The van der Waals surface area contributed by atoms with E-state index in [-0.39, 0.29) is 24.0 Å². The molecule has 0 aromatic heterocycles. The maximum atomic E-state index is 12.7. The van der Waals surface area contributed by atoms with Crippen LogP contribution in [0.5, 0.6) is 11.5 Å². The molecular formula is C26H27NO6. The minimum Gasteiger partial charge on any atom is -0.494 e. The van der Waals surface area contributed by atoms with Crippen LogP contribution in [0.4, 0.5) is 5.69 Å². The standard InChI is InChI=1S/C26H27NO6/c28-17-20-9-14-24(33-18-25(29)30)23(16-20)27-26(31)21-10-12-22(13-11-21)32-15-5-4-8-19-6-2-1-3-7-19/h1-3,6-7,9-14,16,28H,4-5,8,15,17-18H2,(H,27,31)(H,29,30). The predicted octanol–water partition coefficient (Wildman–Crippen LogP) is 4.30. The van der Waals surface area contributed by atoms with Crippen LogP contribution in [-0.4, -0.2) is 35.3 Å². The van der Waals surface area contributed by atoms with Crippen molar-refractivity contribution in [3.63, 3.8) is 0 Å². The second-order valence-electron chi connectivity index (χ2n) is 7.44. The quantitative estimate of drug-likeness (QED) is 0.356. The second kappa shape index (κ2) is 12.3. The maximum Gasteiger partial charge on any atom is 0.341 e. The molecular weight excluding hydrogens is 422 g/mol. The third-order valence-corrected chi connectivity index (χ3v) is 4.91. The first-order chi connectivity index (χ1) is 16.0. The summed E-state index contributed by atoms with van der Waals surface area (Å²) in [5.41, 5.74) is 2.56. The lowest BCUT2D eigenvalue weighted by Gasteiger charge is -2.13. The van der Waals surface area contributed by atoms with Crippen molar-refractivity contribution in [2.24, 2.45) is 0 Å². The van der Waals surface area contributed by atoms with Crippen LogP contribution in [0.2, 0.25) is 0 Å². The first kappa shape index (κ1) is 23.8. The van der Waals surface area contributed by atoms with Crippen molar-refractivity contribution in [1.82, 2.24) is 0 Å². The summed E-state index contributed by atoms with van der Waals surface area (Å²) in [6.07, 6.45) is 2.97. The van der Waals surface area contributed by atoms with Gasteiger partial charge >= 0.3 is 5.97 Å². The second-order valence-corrected chi connectivity index (χ2v) is 7.44. The fourth-order valence-electron chi connectivity index (χ4n) is 3.20. The Labute approximate surface area is 192 Å². The Balaban J connectivity index is 1.52. The molecule has 0 unspecified atom stereocenters. The number of rotatable bonds is 12. The number of nitrogens with one attached hydrogen (secondary N) is 1. The van der Waals surface area contributed by atoms with Crippen LogP contribution >= 0.6 is 0 Å². The van der Waals surface area contributed by atoms with Gasteiger partial charge in [-0.3, -0.25) is 4.79 Å². The number of carboxylic acids is 1. The number of carboxylic acid groups (broad SMARTS) is 1. The molecule has 0 atom stereocenters. The Hall–Kier alpha value is -3.84. The van der Waals surface area contributed by atoms with Gasteiger partial charge in [-0.25, -0.2) is 4.79 Å². The molecule has 0 saturated carbocycles. The molecule has 3 aromatic carbocycles. The summed E-state index contributed by atoms with van der Waals surface area (Å²) in [7, 11) is 0. The van der Waals surface area contributed by atoms with Gasteiger partial charge in [0.05, 0.1) is 18.9 Å². The number of amides is 1. The van der Waals surface area contributed by atoms with Gasteiger partial charge in [0.15, 0.2) is 6.61 Å². The average molecular weight is 450 g/mol. The van der Waals surface area contributed by atoms with Gasteiger partial charge in [-0.1, -0.05) is 36.4 Å². The van der Waals surface area contributed by atoms with Gasteiger partial charge < -0.3 is 25.0 Å². The van der Waals surface area contributed by atoms with Crippen molar-refractivity contribution in [1.29, 1.82) is 0 Å². The van der Waals surface area contributed by atoms with Crippen LogP contribution < -0.4 is 14.8 Å². The van der Waals surface area contributed by atoms with E-state index in [2.05, 4.69) is 17.4 Å². The molecule has 3 aromatic rings. The Morgan fingerprint density at radius 2 is 1.61 bits per heavy atom. The molecule has 7 nitrogen and oxygen atoms in total. The van der Waals surface area contributed by atoms with Crippen LogP contribution in [0.3, 0.4) is 0 Å². The van der Waals surface area contributed by atoms with E-state index in [1.807, 2.05) is 18.2 Å². The maximum absolute atomic E-state index is 12.7. The Morgan fingerprint density at radius 1 is 0.848 bits per heavy atom. The smallest absolute Gasteiger partial charge is 0.341 e. The summed E-state index contributed by atoms with van der Waals surface area (Å²) in [5.74, 6) is -0.633. The molecule has 0 fully saturated rings. The minimum atomic E-state index is -1.13. The topological polar surface area (TPSA) is 105 Å². The number of aliphatic carboxylic acids is 1. The van der Waals surface area contributed by atoms with Gasteiger partial charge in [0.1, 0.15) is 11.5 Å². The third kappa shape index (κ3) is 7.66. The van der Waals surface area contributed by atoms with Gasteiger partial charge in [0, 0.05) is 5.56 Å². The van der Waals surface area contributed by atoms with Crippen molar-refractivity contribution in [3.05, 3.63) is 89.5 Å². The Morgan fingerprint density at radius 3 is 2.30 bits per heavy atom. The number of benzene rings is 3. The summed E-state index contributed by atoms with van der Waals surface area (Å²) >= 11 is 0. The normalized spacial score (nSPS) is 10.5. The molecule has 33 heavy (non-hydrogen) atoms. The highest BCUT2D eigenvalue weighted by molar-refractivity contribution is 6.05. The van der Waals surface area contributed by atoms with Crippen molar-refractivity contribution >= 4 is 17.6 Å². The average Bonchev–Trinajstić information content (AvgIpc) is 2.84. The largest absolute Gasteiger partial charge is 0.494 e. The Kier molecular flexibility index (Phi) is 8.85. The first-order valence-corrected chi connectivity index (χ1v) is 10.7. The van der Waals surface area contributed by atoms with Crippen LogP contribution in [0.25, 0.3) is 0 Å². The number of aryl methyl sites for hydroxylation is 1. The molecule has 0 spiro atoms. The lowest BCUT2D eigenvalue weighted by atomic mass is 10.1.